The maximum atomic E-state index is 12.0. The predicted molar refractivity (Wildman–Crippen MR) is 54.5 cm³/mol. The molecule has 6 heteroatoms. The van der Waals surface area contributed by atoms with Crippen molar-refractivity contribution >= 4 is 12.8 Å². The minimum absolute atomic E-state index is 0.241. The summed E-state index contributed by atoms with van der Waals surface area (Å²) in [6.45, 7) is 1.94. The smallest absolute Gasteiger partial charge is 0.318 e. The first-order chi connectivity index (χ1) is 6.73. The van der Waals surface area contributed by atoms with E-state index in [9.17, 15) is 4.57 Å². The van der Waals surface area contributed by atoms with Crippen molar-refractivity contribution in [1.29, 1.82) is 0 Å². The Balaban J connectivity index is 3.12. The molecule has 0 heterocycles. The van der Waals surface area contributed by atoms with Crippen LogP contribution >= 0.6 is 7.52 Å². The zero-order chi connectivity index (χ0) is 10.4. The monoisotopic (exact) mass is 211 g/mol. The molecule has 14 heavy (non-hydrogen) atoms. The summed E-state index contributed by atoms with van der Waals surface area (Å²) in [5, 5.41) is 0.416. The lowest BCUT2D eigenvalue weighted by Crippen LogP contribution is -2.04. The lowest BCUT2D eigenvalue weighted by Gasteiger charge is -2.11. The molecule has 0 bridgehead atoms. The van der Waals surface area contributed by atoms with E-state index in [2.05, 4.69) is 9.80 Å². The molecule has 0 aliphatic rings. The van der Waals surface area contributed by atoms with E-state index < -0.39 is 7.52 Å². The lowest BCUT2D eigenvalue weighted by atomic mass is 10.4. The molecule has 0 fully saturated rings. The van der Waals surface area contributed by atoms with E-state index in [1.165, 1.54) is 0 Å². The van der Waals surface area contributed by atoms with Gasteiger partial charge in [-0.2, -0.15) is 0 Å². The van der Waals surface area contributed by atoms with Crippen molar-refractivity contribution in [2.24, 2.45) is 4.88 Å². The maximum Gasteiger partial charge on any atom is 0.318 e. The molecule has 0 aromatic heterocycles. The van der Waals surface area contributed by atoms with Crippen molar-refractivity contribution in [2.45, 2.75) is 6.92 Å². The molecule has 5 nitrogen and oxygen atoms in total. The molecule has 0 N–H and O–H groups in total. The summed E-state index contributed by atoms with van der Waals surface area (Å²) in [5.74, 6) is 0. The highest BCUT2D eigenvalue weighted by Crippen LogP contribution is 2.47. The molecular formula is C8H10N3O2P. The molecule has 0 saturated heterocycles. The van der Waals surface area contributed by atoms with Crippen LogP contribution in [-0.2, 0) is 9.09 Å². The SMILES string of the molecule is CCOP(=O)(N=[N+]=[N-])c1ccccc1. The number of benzene rings is 1. The molecule has 0 spiro atoms. The molecule has 0 radical (unpaired) electrons. The molecule has 74 valence electrons. The van der Waals surface area contributed by atoms with E-state index in [1.807, 2.05) is 0 Å². The number of nitrogens with zero attached hydrogens (tertiary/aromatic N) is 3. The summed E-state index contributed by atoms with van der Waals surface area (Å²) >= 11 is 0. The Morgan fingerprint density at radius 1 is 1.50 bits per heavy atom. The van der Waals surface area contributed by atoms with E-state index in [-0.39, 0.29) is 6.61 Å². The fourth-order valence-corrected chi connectivity index (χ4v) is 2.30. The maximum absolute atomic E-state index is 12.0. The zero-order valence-electron chi connectivity index (χ0n) is 7.70. The van der Waals surface area contributed by atoms with Gasteiger partial charge < -0.3 is 4.52 Å². The Labute approximate surface area is 81.8 Å². The predicted octanol–water partition coefficient (Wildman–Crippen LogP) is 2.85. The van der Waals surface area contributed by atoms with Crippen molar-refractivity contribution in [2.75, 3.05) is 6.61 Å². The second kappa shape index (κ2) is 4.82. The summed E-state index contributed by atoms with van der Waals surface area (Å²) in [4.78, 5) is 5.77. The molecular weight excluding hydrogens is 201 g/mol. The van der Waals surface area contributed by atoms with Crippen LogP contribution in [0.1, 0.15) is 6.92 Å². The van der Waals surface area contributed by atoms with Gasteiger partial charge in [-0.1, -0.05) is 18.2 Å². The average molecular weight is 211 g/mol. The Kier molecular flexibility index (Phi) is 3.72. The van der Waals surface area contributed by atoms with E-state index >= 15 is 0 Å². The molecule has 0 saturated carbocycles. The van der Waals surface area contributed by atoms with Crippen molar-refractivity contribution < 1.29 is 9.09 Å². The molecule has 1 aromatic carbocycles. The standard InChI is InChI=1S/C8H10N3O2P/c1-2-13-14(12,11-10-9)8-6-4-3-5-7-8/h3-7H,2H2,1H3. The Hall–Kier alpha value is -1.28. The van der Waals surface area contributed by atoms with Gasteiger partial charge in [-0.3, -0.25) is 4.57 Å². The summed E-state index contributed by atoms with van der Waals surface area (Å²) in [6, 6.07) is 8.45. The van der Waals surface area contributed by atoms with Gasteiger partial charge in [0.25, 0.3) is 0 Å². The van der Waals surface area contributed by atoms with Gasteiger partial charge in [0, 0.05) is 15.1 Å². The quantitative estimate of drug-likeness (QED) is 0.332. The first kappa shape index (κ1) is 10.8. The topological polar surface area (TPSA) is 75.1 Å². The van der Waals surface area contributed by atoms with E-state index in [4.69, 9.17) is 10.1 Å². The van der Waals surface area contributed by atoms with Gasteiger partial charge in [0.15, 0.2) is 0 Å². The number of hydrogen-bond donors (Lipinski definition) is 0. The Morgan fingerprint density at radius 2 is 2.14 bits per heavy atom. The third kappa shape index (κ3) is 2.36. The van der Waals surface area contributed by atoms with Crippen LogP contribution in [0, 0.1) is 0 Å². The second-order valence-corrected chi connectivity index (χ2v) is 4.45. The fourth-order valence-electron chi connectivity index (χ4n) is 0.996. The van der Waals surface area contributed by atoms with Crippen LogP contribution in [0.4, 0.5) is 0 Å². The van der Waals surface area contributed by atoms with Crippen molar-refractivity contribution in [3.63, 3.8) is 0 Å². The second-order valence-electron chi connectivity index (χ2n) is 2.45. The minimum Gasteiger partial charge on any atom is -0.321 e. The highest BCUT2D eigenvalue weighted by molar-refractivity contribution is 7.65. The lowest BCUT2D eigenvalue weighted by molar-refractivity contribution is 0.341. The third-order valence-electron chi connectivity index (χ3n) is 1.54. The Bertz CT molecular complexity index is 387. The van der Waals surface area contributed by atoms with Crippen molar-refractivity contribution in [1.82, 2.24) is 0 Å². The van der Waals surface area contributed by atoms with Gasteiger partial charge in [-0.05, 0) is 24.6 Å². The van der Waals surface area contributed by atoms with Crippen LogP contribution in [0.3, 0.4) is 0 Å². The highest BCUT2D eigenvalue weighted by Gasteiger charge is 2.22. The molecule has 1 rings (SSSR count). The van der Waals surface area contributed by atoms with Crippen LogP contribution in [0.5, 0.6) is 0 Å². The van der Waals surface area contributed by atoms with Gasteiger partial charge in [-0.15, -0.1) is 0 Å². The summed E-state index contributed by atoms with van der Waals surface area (Å²) in [6.07, 6.45) is 0. The van der Waals surface area contributed by atoms with Crippen molar-refractivity contribution in [3.8, 4) is 0 Å². The van der Waals surface area contributed by atoms with E-state index in [0.717, 1.165) is 0 Å². The third-order valence-corrected chi connectivity index (χ3v) is 3.42. The minimum atomic E-state index is -3.36. The van der Waals surface area contributed by atoms with Gasteiger partial charge in [0.2, 0.25) is 0 Å². The van der Waals surface area contributed by atoms with Gasteiger partial charge >= 0.3 is 7.52 Å². The molecule has 1 unspecified atom stereocenters. The van der Waals surface area contributed by atoms with Crippen molar-refractivity contribution in [3.05, 3.63) is 40.8 Å². The van der Waals surface area contributed by atoms with Gasteiger partial charge in [-0.25, -0.2) is 0 Å². The average Bonchev–Trinajstić information content (AvgIpc) is 2.20. The zero-order valence-corrected chi connectivity index (χ0v) is 8.59. The van der Waals surface area contributed by atoms with Gasteiger partial charge in [0.05, 0.1) is 6.61 Å². The largest absolute Gasteiger partial charge is 0.321 e. The van der Waals surface area contributed by atoms with Crippen LogP contribution in [0.25, 0.3) is 10.4 Å². The van der Waals surface area contributed by atoms with Gasteiger partial charge in [0.1, 0.15) is 0 Å². The van der Waals surface area contributed by atoms with E-state index in [1.54, 1.807) is 37.3 Å². The molecule has 1 atom stereocenters. The normalized spacial score (nSPS) is 14.1. The van der Waals surface area contributed by atoms with Crippen LogP contribution in [-0.4, -0.2) is 6.61 Å². The number of rotatable bonds is 4. The van der Waals surface area contributed by atoms with Crippen LogP contribution < -0.4 is 5.30 Å². The summed E-state index contributed by atoms with van der Waals surface area (Å²) in [5.41, 5.74) is 8.30. The first-order valence-electron chi connectivity index (χ1n) is 4.10. The fraction of sp³-hybridized carbons (Fsp3) is 0.250. The van der Waals surface area contributed by atoms with Crippen LogP contribution in [0.2, 0.25) is 0 Å². The Morgan fingerprint density at radius 3 is 2.64 bits per heavy atom. The summed E-state index contributed by atoms with van der Waals surface area (Å²) < 4.78 is 17.0. The molecule has 0 amide bonds. The number of azide groups is 1. The molecule has 0 aliphatic heterocycles. The van der Waals surface area contributed by atoms with Crippen LogP contribution in [0.15, 0.2) is 35.2 Å². The highest BCUT2D eigenvalue weighted by atomic mass is 31.2. The molecule has 1 aromatic rings. The molecule has 0 aliphatic carbocycles. The summed E-state index contributed by atoms with van der Waals surface area (Å²) in [7, 11) is -3.36. The first-order valence-corrected chi connectivity index (χ1v) is 5.67. The van der Waals surface area contributed by atoms with E-state index in [0.29, 0.717) is 5.30 Å². The number of hydrogen-bond acceptors (Lipinski definition) is 2.